The van der Waals surface area contributed by atoms with Gasteiger partial charge in [0.1, 0.15) is 0 Å². The van der Waals surface area contributed by atoms with Crippen molar-refractivity contribution in [2.24, 2.45) is 5.73 Å². The van der Waals surface area contributed by atoms with E-state index in [1.165, 1.54) is 5.56 Å². The maximum absolute atomic E-state index is 12.3. The van der Waals surface area contributed by atoms with Gasteiger partial charge >= 0.3 is 0 Å². The van der Waals surface area contributed by atoms with Crippen molar-refractivity contribution in [3.8, 4) is 0 Å². The fourth-order valence-electron chi connectivity index (χ4n) is 2.72. The molecule has 1 aromatic carbocycles. The molecule has 2 N–H and O–H groups in total. The number of nitrogens with zero attached hydrogens (tertiary/aromatic N) is 1. The molecule has 1 aromatic rings. The molecule has 1 fully saturated rings. The van der Waals surface area contributed by atoms with Crippen molar-refractivity contribution in [2.75, 3.05) is 6.54 Å². The van der Waals surface area contributed by atoms with Crippen LogP contribution < -0.4 is 5.73 Å². The summed E-state index contributed by atoms with van der Waals surface area (Å²) >= 11 is 0. The Morgan fingerprint density at radius 1 is 1.47 bits per heavy atom. The van der Waals surface area contributed by atoms with Gasteiger partial charge in [-0.1, -0.05) is 36.4 Å². The number of benzene rings is 1. The topological polar surface area (TPSA) is 46.3 Å². The monoisotopic (exact) mass is 258 g/mol. The third-order valence-corrected chi connectivity index (χ3v) is 3.71. The summed E-state index contributed by atoms with van der Waals surface area (Å²) in [6.07, 6.45) is 5.33. The van der Waals surface area contributed by atoms with Gasteiger partial charge in [-0.3, -0.25) is 4.79 Å². The van der Waals surface area contributed by atoms with Crippen LogP contribution in [0.3, 0.4) is 0 Å². The third-order valence-electron chi connectivity index (χ3n) is 3.71. The van der Waals surface area contributed by atoms with Gasteiger partial charge in [0.05, 0.1) is 6.04 Å². The molecule has 0 radical (unpaired) electrons. The Balaban J connectivity index is 2.00. The molecule has 3 nitrogen and oxygen atoms in total. The average molecular weight is 258 g/mol. The quantitative estimate of drug-likeness (QED) is 0.822. The van der Waals surface area contributed by atoms with E-state index in [-0.39, 0.29) is 5.91 Å². The van der Waals surface area contributed by atoms with E-state index in [0.29, 0.717) is 12.5 Å². The molecule has 0 spiro atoms. The average Bonchev–Trinajstić information content (AvgIpc) is 2.87. The second kappa shape index (κ2) is 6.53. The number of amides is 1. The molecule has 2 unspecified atom stereocenters. The molecule has 0 saturated carbocycles. The second-order valence-corrected chi connectivity index (χ2v) is 5.15. The SMILES string of the molecule is C=CCC(N)C(=O)N1CCCC1Cc1ccccc1. The van der Waals surface area contributed by atoms with Crippen molar-refractivity contribution >= 4 is 5.91 Å². The lowest BCUT2D eigenvalue weighted by Crippen LogP contribution is -2.46. The van der Waals surface area contributed by atoms with E-state index in [4.69, 9.17) is 5.73 Å². The van der Waals surface area contributed by atoms with Crippen LogP contribution in [0, 0.1) is 0 Å². The lowest BCUT2D eigenvalue weighted by Gasteiger charge is -2.27. The van der Waals surface area contributed by atoms with E-state index in [1.807, 2.05) is 23.1 Å². The molecule has 102 valence electrons. The van der Waals surface area contributed by atoms with E-state index in [9.17, 15) is 4.79 Å². The first-order valence-electron chi connectivity index (χ1n) is 6.93. The van der Waals surface area contributed by atoms with Gasteiger partial charge in [0.2, 0.25) is 5.91 Å². The molecular formula is C16H22N2O. The summed E-state index contributed by atoms with van der Waals surface area (Å²) in [5.41, 5.74) is 7.18. The summed E-state index contributed by atoms with van der Waals surface area (Å²) < 4.78 is 0. The highest BCUT2D eigenvalue weighted by Crippen LogP contribution is 2.22. The second-order valence-electron chi connectivity index (χ2n) is 5.15. The first kappa shape index (κ1) is 13.8. The van der Waals surface area contributed by atoms with Crippen LogP contribution in [-0.2, 0) is 11.2 Å². The first-order chi connectivity index (χ1) is 9.22. The standard InChI is InChI=1S/C16H22N2O/c1-2-7-15(17)16(19)18-11-6-10-14(18)12-13-8-4-3-5-9-13/h2-5,8-9,14-15H,1,6-7,10-12,17H2. The van der Waals surface area contributed by atoms with Crippen LogP contribution in [0.5, 0.6) is 0 Å². The zero-order chi connectivity index (χ0) is 13.7. The number of likely N-dealkylation sites (tertiary alicyclic amines) is 1. The van der Waals surface area contributed by atoms with E-state index >= 15 is 0 Å². The van der Waals surface area contributed by atoms with Gasteiger partial charge in [0.25, 0.3) is 0 Å². The summed E-state index contributed by atoms with van der Waals surface area (Å²) in [7, 11) is 0. The minimum absolute atomic E-state index is 0.0679. The zero-order valence-electron chi connectivity index (χ0n) is 11.3. The summed E-state index contributed by atoms with van der Waals surface area (Å²) in [5, 5.41) is 0. The van der Waals surface area contributed by atoms with Crippen LogP contribution in [0.1, 0.15) is 24.8 Å². The maximum atomic E-state index is 12.3. The van der Waals surface area contributed by atoms with Gasteiger partial charge in [0.15, 0.2) is 0 Å². The van der Waals surface area contributed by atoms with Gasteiger partial charge in [-0.25, -0.2) is 0 Å². The molecule has 1 aliphatic heterocycles. The van der Waals surface area contributed by atoms with E-state index in [0.717, 1.165) is 25.8 Å². The molecule has 1 aliphatic rings. The van der Waals surface area contributed by atoms with Gasteiger partial charge in [-0.15, -0.1) is 6.58 Å². The van der Waals surface area contributed by atoms with Crippen molar-refractivity contribution in [3.05, 3.63) is 48.6 Å². The summed E-state index contributed by atoms with van der Waals surface area (Å²) in [6.45, 7) is 4.48. The normalized spacial score (nSPS) is 20.3. The number of nitrogens with two attached hydrogens (primary N) is 1. The predicted molar refractivity (Wildman–Crippen MR) is 77.7 cm³/mol. The van der Waals surface area contributed by atoms with Gasteiger partial charge in [-0.05, 0) is 31.2 Å². The Morgan fingerprint density at radius 3 is 2.89 bits per heavy atom. The van der Waals surface area contributed by atoms with E-state index in [2.05, 4.69) is 18.7 Å². The highest BCUT2D eigenvalue weighted by Gasteiger charge is 2.31. The smallest absolute Gasteiger partial charge is 0.240 e. The molecule has 1 saturated heterocycles. The molecule has 0 bridgehead atoms. The van der Waals surface area contributed by atoms with E-state index in [1.54, 1.807) is 6.08 Å². The number of carbonyl (C=O) groups is 1. The highest BCUT2D eigenvalue weighted by molar-refractivity contribution is 5.82. The molecular weight excluding hydrogens is 236 g/mol. The fraction of sp³-hybridized carbons (Fsp3) is 0.438. The van der Waals surface area contributed by atoms with Gasteiger partial charge < -0.3 is 10.6 Å². The molecule has 1 heterocycles. The number of carbonyl (C=O) groups excluding carboxylic acids is 1. The van der Waals surface area contributed by atoms with Crippen LogP contribution in [0.15, 0.2) is 43.0 Å². The molecule has 3 heteroatoms. The minimum atomic E-state index is -0.436. The van der Waals surface area contributed by atoms with Crippen LogP contribution >= 0.6 is 0 Å². The van der Waals surface area contributed by atoms with Crippen LogP contribution in [0.2, 0.25) is 0 Å². The molecule has 2 atom stereocenters. The molecule has 1 amide bonds. The Morgan fingerprint density at radius 2 is 2.21 bits per heavy atom. The summed E-state index contributed by atoms with van der Waals surface area (Å²) in [6, 6.07) is 10.2. The first-order valence-corrected chi connectivity index (χ1v) is 6.93. The molecule has 19 heavy (non-hydrogen) atoms. The third kappa shape index (κ3) is 3.44. The number of hydrogen-bond acceptors (Lipinski definition) is 2. The Kier molecular flexibility index (Phi) is 4.74. The Hall–Kier alpha value is -1.61. The van der Waals surface area contributed by atoms with Crippen molar-refractivity contribution in [3.63, 3.8) is 0 Å². The minimum Gasteiger partial charge on any atom is -0.338 e. The van der Waals surface area contributed by atoms with Crippen molar-refractivity contribution in [2.45, 2.75) is 37.8 Å². The Bertz CT molecular complexity index is 430. The van der Waals surface area contributed by atoms with Crippen LogP contribution in [-0.4, -0.2) is 29.4 Å². The Labute approximate surface area is 115 Å². The lowest BCUT2D eigenvalue weighted by molar-refractivity contribution is -0.133. The molecule has 0 aliphatic carbocycles. The van der Waals surface area contributed by atoms with Gasteiger partial charge in [0, 0.05) is 12.6 Å². The van der Waals surface area contributed by atoms with Crippen molar-refractivity contribution in [1.29, 1.82) is 0 Å². The molecule has 0 aromatic heterocycles. The number of rotatable bonds is 5. The van der Waals surface area contributed by atoms with E-state index < -0.39 is 6.04 Å². The highest BCUT2D eigenvalue weighted by atomic mass is 16.2. The fourth-order valence-corrected chi connectivity index (χ4v) is 2.72. The lowest BCUT2D eigenvalue weighted by atomic mass is 10.0. The summed E-state index contributed by atoms with van der Waals surface area (Å²) in [5.74, 6) is 0.0679. The maximum Gasteiger partial charge on any atom is 0.240 e. The van der Waals surface area contributed by atoms with Crippen molar-refractivity contribution < 1.29 is 4.79 Å². The molecule has 2 rings (SSSR count). The van der Waals surface area contributed by atoms with Crippen LogP contribution in [0.4, 0.5) is 0 Å². The zero-order valence-corrected chi connectivity index (χ0v) is 11.3. The van der Waals surface area contributed by atoms with Crippen molar-refractivity contribution in [1.82, 2.24) is 4.90 Å². The predicted octanol–water partition coefficient (Wildman–Crippen LogP) is 2.12. The largest absolute Gasteiger partial charge is 0.338 e. The summed E-state index contributed by atoms with van der Waals surface area (Å²) in [4.78, 5) is 14.2. The van der Waals surface area contributed by atoms with Gasteiger partial charge in [-0.2, -0.15) is 0 Å². The van der Waals surface area contributed by atoms with Crippen LogP contribution in [0.25, 0.3) is 0 Å². The number of hydrogen-bond donors (Lipinski definition) is 1.